The van der Waals surface area contributed by atoms with Crippen LogP contribution in [0, 0.1) is 12.3 Å². The van der Waals surface area contributed by atoms with E-state index in [-0.39, 0.29) is 17.6 Å². The van der Waals surface area contributed by atoms with E-state index in [1.54, 1.807) is 20.2 Å². The van der Waals surface area contributed by atoms with Gasteiger partial charge in [-0.15, -0.1) is 0 Å². The van der Waals surface area contributed by atoms with Gasteiger partial charge in [0, 0.05) is 47.7 Å². The summed E-state index contributed by atoms with van der Waals surface area (Å²) in [5, 5.41) is 12.0. The van der Waals surface area contributed by atoms with E-state index in [1.807, 2.05) is 45.1 Å². The Labute approximate surface area is 193 Å². The fourth-order valence-electron chi connectivity index (χ4n) is 3.60. The van der Waals surface area contributed by atoms with Crippen LogP contribution in [0.2, 0.25) is 5.02 Å². The first-order valence-corrected chi connectivity index (χ1v) is 10.5. The normalized spacial score (nSPS) is 11.7. The minimum atomic E-state index is -0.251. The SMILES string of the molecule is COc1c(C(C)Nc2ncnc(N)c2C(C)=N)cc(Cl)c(C)c1-c1cncc(N(C)C)c1. The van der Waals surface area contributed by atoms with E-state index in [1.165, 1.54) is 6.33 Å². The molecule has 1 aromatic carbocycles. The highest BCUT2D eigenvalue weighted by molar-refractivity contribution is 6.32. The molecule has 0 fully saturated rings. The Morgan fingerprint density at radius 2 is 1.97 bits per heavy atom. The van der Waals surface area contributed by atoms with E-state index >= 15 is 0 Å². The van der Waals surface area contributed by atoms with Crippen molar-refractivity contribution in [2.45, 2.75) is 26.8 Å². The van der Waals surface area contributed by atoms with Gasteiger partial charge < -0.3 is 26.1 Å². The van der Waals surface area contributed by atoms with Crippen LogP contribution in [0.3, 0.4) is 0 Å². The first-order chi connectivity index (χ1) is 15.1. The monoisotopic (exact) mass is 453 g/mol. The number of hydrogen-bond donors (Lipinski definition) is 3. The molecule has 3 aromatic rings. The number of nitrogens with zero attached hydrogens (tertiary/aromatic N) is 4. The maximum absolute atomic E-state index is 8.05. The molecule has 0 amide bonds. The summed E-state index contributed by atoms with van der Waals surface area (Å²) in [6, 6.07) is 3.69. The third kappa shape index (κ3) is 4.45. The smallest absolute Gasteiger partial charge is 0.141 e. The highest BCUT2D eigenvalue weighted by Gasteiger charge is 2.23. The van der Waals surface area contributed by atoms with Crippen LogP contribution in [0.1, 0.15) is 36.6 Å². The topological polar surface area (TPSA) is 113 Å². The van der Waals surface area contributed by atoms with Crippen LogP contribution < -0.4 is 20.7 Å². The fourth-order valence-corrected chi connectivity index (χ4v) is 3.82. The van der Waals surface area contributed by atoms with E-state index in [2.05, 4.69) is 26.3 Å². The first kappa shape index (κ1) is 23.3. The average molecular weight is 454 g/mol. The molecule has 9 heteroatoms. The molecule has 2 aromatic heterocycles. The number of rotatable bonds is 7. The maximum atomic E-state index is 8.05. The molecule has 168 valence electrons. The summed E-state index contributed by atoms with van der Waals surface area (Å²) < 4.78 is 5.89. The van der Waals surface area contributed by atoms with Gasteiger partial charge in [-0.2, -0.15) is 0 Å². The zero-order valence-corrected chi connectivity index (χ0v) is 19.9. The van der Waals surface area contributed by atoms with Gasteiger partial charge in [-0.25, -0.2) is 9.97 Å². The predicted molar refractivity (Wildman–Crippen MR) is 131 cm³/mol. The zero-order chi connectivity index (χ0) is 23.6. The van der Waals surface area contributed by atoms with Crippen molar-refractivity contribution < 1.29 is 4.74 Å². The number of nitrogens with two attached hydrogens (primary N) is 1. The van der Waals surface area contributed by atoms with Crippen LogP contribution in [0.5, 0.6) is 5.75 Å². The Morgan fingerprint density at radius 3 is 2.59 bits per heavy atom. The van der Waals surface area contributed by atoms with E-state index < -0.39 is 0 Å². The number of ether oxygens (including phenoxy) is 1. The number of nitrogen functional groups attached to an aromatic ring is 1. The third-order valence-corrected chi connectivity index (χ3v) is 5.70. The predicted octanol–water partition coefficient (Wildman–Crippen LogP) is 4.72. The van der Waals surface area contributed by atoms with Crippen molar-refractivity contribution in [1.82, 2.24) is 15.0 Å². The molecular formula is C23H28ClN7O. The lowest BCUT2D eigenvalue weighted by Crippen LogP contribution is -2.15. The standard InChI is InChI=1S/C23H28ClN7O/c1-12-18(24)8-17(14(3)30-23-20(13(2)25)22(26)28-11-29-23)21(32-6)19(12)15-7-16(31(4)5)10-27-9-15/h7-11,14,25H,1-6H3,(H3,26,28,29,30). The van der Waals surface area contributed by atoms with Crippen molar-refractivity contribution >= 4 is 34.6 Å². The zero-order valence-electron chi connectivity index (χ0n) is 19.1. The van der Waals surface area contributed by atoms with Crippen molar-refractivity contribution in [1.29, 1.82) is 5.41 Å². The van der Waals surface area contributed by atoms with Crippen molar-refractivity contribution in [2.24, 2.45) is 0 Å². The summed E-state index contributed by atoms with van der Waals surface area (Å²) in [5.41, 5.74) is 11.2. The molecule has 0 spiro atoms. The molecule has 32 heavy (non-hydrogen) atoms. The Balaban J connectivity index is 2.14. The fraction of sp³-hybridized carbons (Fsp3) is 0.304. The Hall–Kier alpha value is -3.39. The number of anilines is 3. The molecule has 3 rings (SSSR count). The van der Waals surface area contributed by atoms with Gasteiger partial charge in [0.05, 0.1) is 30.6 Å². The van der Waals surface area contributed by atoms with Crippen LogP contribution in [0.4, 0.5) is 17.3 Å². The molecule has 4 N–H and O–H groups in total. The largest absolute Gasteiger partial charge is 0.496 e. The van der Waals surface area contributed by atoms with Gasteiger partial charge in [0.15, 0.2) is 0 Å². The number of pyridine rings is 1. The summed E-state index contributed by atoms with van der Waals surface area (Å²) in [6.45, 7) is 5.59. The molecule has 2 heterocycles. The number of aromatic nitrogens is 3. The van der Waals surface area contributed by atoms with Crippen molar-refractivity contribution in [3.05, 3.63) is 52.6 Å². The molecule has 1 unspecified atom stereocenters. The first-order valence-electron chi connectivity index (χ1n) is 10.1. The van der Waals surface area contributed by atoms with Crippen LogP contribution in [0.25, 0.3) is 11.1 Å². The van der Waals surface area contributed by atoms with Crippen molar-refractivity contribution in [3.63, 3.8) is 0 Å². The molecule has 0 aliphatic rings. The quantitative estimate of drug-likeness (QED) is 0.443. The molecule has 0 aliphatic carbocycles. The number of halogens is 1. The minimum Gasteiger partial charge on any atom is -0.496 e. The van der Waals surface area contributed by atoms with E-state index in [0.717, 1.165) is 27.9 Å². The number of hydrogen-bond acceptors (Lipinski definition) is 8. The van der Waals surface area contributed by atoms with Crippen LogP contribution in [-0.2, 0) is 0 Å². The number of methoxy groups -OCH3 is 1. The molecule has 0 saturated heterocycles. The highest BCUT2D eigenvalue weighted by atomic mass is 35.5. The summed E-state index contributed by atoms with van der Waals surface area (Å²) in [4.78, 5) is 14.7. The second-order valence-electron chi connectivity index (χ2n) is 7.78. The lowest BCUT2D eigenvalue weighted by molar-refractivity contribution is 0.409. The van der Waals surface area contributed by atoms with E-state index in [0.29, 0.717) is 22.2 Å². The summed E-state index contributed by atoms with van der Waals surface area (Å²) >= 11 is 6.66. The molecule has 0 radical (unpaired) electrons. The molecule has 0 saturated carbocycles. The van der Waals surface area contributed by atoms with Crippen molar-refractivity contribution in [2.75, 3.05) is 37.2 Å². The lowest BCUT2D eigenvalue weighted by Gasteiger charge is -2.24. The summed E-state index contributed by atoms with van der Waals surface area (Å²) in [5.74, 6) is 1.43. The van der Waals surface area contributed by atoms with Crippen LogP contribution in [-0.4, -0.2) is 41.9 Å². The molecule has 0 aliphatic heterocycles. The lowest BCUT2D eigenvalue weighted by atomic mass is 9.94. The third-order valence-electron chi connectivity index (χ3n) is 5.31. The number of benzene rings is 1. The maximum Gasteiger partial charge on any atom is 0.141 e. The molecule has 8 nitrogen and oxygen atoms in total. The second kappa shape index (κ2) is 9.40. The van der Waals surface area contributed by atoms with Crippen molar-refractivity contribution in [3.8, 4) is 16.9 Å². The van der Waals surface area contributed by atoms with Crippen LogP contribution >= 0.6 is 11.6 Å². The van der Waals surface area contributed by atoms with Gasteiger partial charge in [0.1, 0.15) is 23.7 Å². The second-order valence-corrected chi connectivity index (χ2v) is 8.19. The van der Waals surface area contributed by atoms with Gasteiger partial charge in [-0.3, -0.25) is 4.98 Å². The van der Waals surface area contributed by atoms with E-state index in [4.69, 9.17) is 27.5 Å². The van der Waals surface area contributed by atoms with E-state index in [9.17, 15) is 0 Å². The van der Waals surface area contributed by atoms with Gasteiger partial charge >= 0.3 is 0 Å². The minimum absolute atomic E-state index is 0.251. The summed E-state index contributed by atoms with van der Waals surface area (Å²) in [6.07, 6.45) is 4.99. The molecule has 0 bridgehead atoms. The Morgan fingerprint density at radius 1 is 1.25 bits per heavy atom. The molecular weight excluding hydrogens is 426 g/mol. The Bertz CT molecular complexity index is 1160. The molecule has 1 atom stereocenters. The average Bonchev–Trinajstić information content (AvgIpc) is 2.74. The van der Waals surface area contributed by atoms with Crippen LogP contribution in [0.15, 0.2) is 30.9 Å². The Kier molecular flexibility index (Phi) is 6.84. The highest BCUT2D eigenvalue weighted by Crippen LogP contribution is 2.43. The van der Waals surface area contributed by atoms with Gasteiger partial charge in [0.2, 0.25) is 0 Å². The van der Waals surface area contributed by atoms with Gasteiger partial charge in [0.25, 0.3) is 0 Å². The summed E-state index contributed by atoms with van der Waals surface area (Å²) in [7, 11) is 5.58. The van der Waals surface area contributed by atoms with Gasteiger partial charge in [-0.1, -0.05) is 11.6 Å². The number of nitrogens with one attached hydrogen (secondary N) is 2. The van der Waals surface area contributed by atoms with Gasteiger partial charge in [-0.05, 0) is 38.5 Å².